The molecule has 0 radical (unpaired) electrons. The molecule has 0 aliphatic carbocycles. The van der Waals surface area contributed by atoms with Crippen molar-refractivity contribution in [2.24, 2.45) is 0 Å². The van der Waals surface area contributed by atoms with Crippen molar-refractivity contribution in [2.45, 2.75) is 6.42 Å². The third kappa shape index (κ3) is 2.81. The number of fused-ring (bicyclic) bond motifs is 1. The molecular weight excluding hydrogens is 287 g/mol. The number of carbonyl (C=O) groups excluding carboxylic acids is 1. The van der Waals surface area contributed by atoms with Crippen LogP contribution in [0.25, 0.3) is 10.8 Å². The van der Waals surface area contributed by atoms with Crippen LogP contribution in [0, 0.1) is 5.82 Å². The Morgan fingerprint density at radius 3 is 2.57 bits per heavy atom. The highest BCUT2D eigenvalue weighted by atomic mass is 35.5. The second-order valence-corrected chi connectivity index (χ2v) is 5.27. The van der Waals surface area contributed by atoms with Gasteiger partial charge in [0.05, 0.1) is 5.02 Å². The van der Waals surface area contributed by atoms with E-state index < -0.39 is 5.82 Å². The van der Waals surface area contributed by atoms with Gasteiger partial charge in [0.25, 0.3) is 0 Å². The lowest BCUT2D eigenvalue weighted by molar-refractivity contribution is 0.0993. The number of halogens is 2. The van der Waals surface area contributed by atoms with Crippen molar-refractivity contribution in [2.75, 3.05) is 0 Å². The smallest absolute Gasteiger partial charge is 0.168 e. The van der Waals surface area contributed by atoms with Crippen LogP contribution in [0.1, 0.15) is 15.9 Å². The minimum absolute atomic E-state index is 0.114. The zero-order valence-corrected chi connectivity index (χ0v) is 11.9. The number of rotatable bonds is 3. The lowest BCUT2D eigenvalue weighted by Gasteiger charge is -2.07. The SMILES string of the molecule is O=C(Cc1cccc2ccccc12)c1ccc(F)cc1Cl. The molecule has 3 heteroatoms. The van der Waals surface area contributed by atoms with Crippen molar-refractivity contribution in [1.82, 2.24) is 0 Å². The Kier molecular flexibility index (Phi) is 3.72. The van der Waals surface area contributed by atoms with Gasteiger partial charge < -0.3 is 0 Å². The molecule has 0 heterocycles. The molecule has 0 aromatic heterocycles. The molecule has 0 spiro atoms. The molecule has 1 nitrogen and oxygen atoms in total. The van der Waals surface area contributed by atoms with Crippen LogP contribution in [-0.2, 0) is 6.42 Å². The zero-order chi connectivity index (χ0) is 14.8. The summed E-state index contributed by atoms with van der Waals surface area (Å²) in [7, 11) is 0. The van der Waals surface area contributed by atoms with E-state index in [1.807, 2.05) is 42.5 Å². The lowest BCUT2D eigenvalue weighted by atomic mass is 9.98. The maximum atomic E-state index is 13.1. The monoisotopic (exact) mass is 298 g/mol. The predicted molar refractivity (Wildman–Crippen MR) is 83.4 cm³/mol. The van der Waals surface area contributed by atoms with E-state index in [9.17, 15) is 9.18 Å². The van der Waals surface area contributed by atoms with Crippen LogP contribution < -0.4 is 0 Å². The first-order valence-electron chi connectivity index (χ1n) is 6.60. The van der Waals surface area contributed by atoms with Gasteiger partial charge in [-0.2, -0.15) is 0 Å². The van der Waals surface area contributed by atoms with Crippen LogP contribution in [0.5, 0.6) is 0 Å². The van der Waals surface area contributed by atoms with Crippen LogP contribution in [0.15, 0.2) is 60.7 Å². The zero-order valence-electron chi connectivity index (χ0n) is 11.1. The summed E-state index contributed by atoms with van der Waals surface area (Å²) in [5, 5.41) is 2.29. The van der Waals surface area contributed by atoms with Gasteiger partial charge in [0, 0.05) is 12.0 Å². The topological polar surface area (TPSA) is 17.1 Å². The summed E-state index contributed by atoms with van der Waals surface area (Å²) >= 11 is 5.95. The average molecular weight is 299 g/mol. The van der Waals surface area contributed by atoms with Crippen molar-refractivity contribution in [3.63, 3.8) is 0 Å². The van der Waals surface area contributed by atoms with E-state index in [0.29, 0.717) is 5.56 Å². The predicted octanol–water partition coefficient (Wildman–Crippen LogP) is 5.06. The average Bonchev–Trinajstić information content (AvgIpc) is 2.47. The fraction of sp³-hybridized carbons (Fsp3) is 0.0556. The molecule has 21 heavy (non-hydrogen) atoms. The molecule has 0 aliphatic rings. The highest BCUT2D eigenvalue weighted by Gasteiger charge is 2.13. The third-order valence-electron chi connectivity index (χ3n) is 3.46. The van der Waals surface area contributed by atoms with E-state index in [1.165, 1.54) is 12.1 Å². The molecular formula is C18H12ClFO. The molecule has 0 unspecified atom stereocenters. The lowest BCUT2D eigenvalue weighted by Crippen LogP contribution is -2.05. The second kappa shape index (κ2) is 5.66. The molecule has 3 aromatic rings. The Hall–Kier alpha value is -2.19. The van der Waals surface area contributed by atoms with Crippen LogP contribution >= 0.6 is 11.6 Å². The number of ketones is 1. The summed E-state index contributed by atoms with van der Waals surface area (Å²) < 4.78 is 13.1. The third-order valence-corrected chi connectivity index (χ3v) is 3.78. The van der Waals surface area contributed by atoms with E-state index in [-0.39, 0.29) is 17.2 Å². The first-order valence-corrected chi connectivity index (χ1v) is 6.98. The summed E-state index contributed by atoms with van der Waals surface area (Å²) in [4.78, 5) is 12.4. The number of Topliss-reactive ketones (excluding diaryl/α,β-unsaturated/α-hetero) is 1. The van der Waals surface area contributed by atoms with Gasteiger partial charge in [-0.15, -0.1) is 0 Å². The van der Waals surface area contributed by atoms with E-state index in [4.69, 9.17) is 11.6 Å². The number of benzene rings is 3. The van der Waals surface area contributed by atoms with Crippen molar-refractivity contribution < 1.29 is 9.18 Å². The van der Waals surface area contributed by atoms with Gasteiger partial charge in [-0.3, -0.25) is 4.79 Å². The summed E-state index contributed by atoms with van der Waals surface area (Å²) in [6.07, 6.45) is 0.243. The highest BCUT2D eigenvalue weighted by molar-refractivity contribution is 6.34. The Bertz CT molecular complexity index is 821. The van der Waals surface area contributed by atoms with Gasteiger partial charge in [0.15, 0.2) is 5.78 Å². The Morgan fingerprint density at radius 2 is 1.76 bits per heavy atom. The molecule has 0 aliphatic heterocycles. The van der Waals surface area contributed by atoms with Gasteiger partial charge in [-0.25, -0.2) is 4.39 Å². The van der Waals surface area contributed by atoms with Crippen molar-refractivity contribution >= 4 is 28.2 Å². The summed E-state index contributed by atoms with van der Waals surface area (Å²) in [6.45, 7) is 0. The maximum Gasteiger partial charge on any atom is 0.168 e. The highest BCUT2D eigenvalue weighted by Crippen LogP contribution is 2.23. The normalized spacial score (nSPS) is 10.8. The van der Waals surface area contributed by atoms with Gasteiger partial charge in [0.2, 0.25) is 0 Å². The minimum atomic E-state index is -0.443. The fourth-order valence-electron chi connectivity index (χ4n) is 2.43. The maximum absolute atomic E-state index is 13.1. The van der Waals surface area contributed by atoms with E-state index in [0.717, 1.165) is 22.4 Å². The molecule has 3 aromatic carbocycles. The molecule has 0 amide bonds. The van der Waals surface area contributed by atoms with Crippen LogP contribution in [0.3, 0.4) is 0 Å². The minimum Gasteiger partial charge on any atom is -0.294 e. The molecule has 104 valence electrons. The fourth-order valence-corrected chi connectivity index (χ4v) is 2.70. The van der Waals surface area contributed by atoms with Crippen LogP contribution in [0.2, 0.25) is 5.02 Å². The molecule has 0 atom stereocenters. The van der Waals surface area contributed by atoms with E-state index in [1.54, 1.807) is 0 Å². The Balaban J connectivity index is 1.97. The Morgan fingerprint density at radius 1 is 1.00 bits per heavy atom. The van der Waals surface area contributed by atoms with E-state index >= 15 is 0 Å². The summed E-state index contributed by atoms with van der Waals surface area (Å²) in [5.74, 6) is -0.557. The molecule has 3 rings (SSSR count). The van der Waals surface area contributed by atoms with Crippen molar-refractivity contribution in [3.05, 3.63) is 82.6 Å². The van der Waals surface area contributed by atoms with Crippen LogP contribution in [-0.4, -0.2) is 5.78 Å². The second-order valence-electron chi connectivity index (χ2n) is 4.86. The summed E-state index contributed by atoms with van der Waals surface area (Å²) in [5.41, 5.74) is 1.30. The van der Waals surface area contributed by atoms with Gasteiger partial charge in [-0.05, 0) is 34.5 Å². The molecule has 0 saturated carbocycles. The first kappa shape index (κ1) is 13.8. The Labute approximate surface area is 127 Å². The molecule has 0 N–H and O–H groups in total. The largest absolute Gasteiger partial charge is 0.294 e. The first-order chi connectivity index (χ1) is 10.1. The quantitative estimate of drug-likeness (QED) is 0.618. The number of carbonyl (C=O) groups is 1. The van der Waals surface area contributed by atoms with Crippen LogP contribution in [0.4, 0.5) is 4.39 Å². The standard InChI is InChI=1S/C18H12ClFO/c19-17-11-14(20)8-9-16(17)18(21)10-13-6-3-5-12-4-1-2-7-15(12)13/h1-9,11H,10H2. The van der Waals surface area contributed by atoms with Gasteiger partial charge >= 0.3 is 0 Å². The number of hydrogen-bond donors (Lipinski definition) is 0. The molecule has 0 fully saturated rings. The van der Waals surface area contributed by atoms with Crippen molar-refractivity contribution in [3.8, 4) is 0 Å². The number of hydrogen-bond acceptors (Lipinski definition) is 1. The van der Waals surface area contributed by atoms with E-state index in [2.05, 4.69) is 0 Å². The van der Waals surface area contributed by atoms with Gasteiger partial charge in [0.1, 0.15) is 5.82 Å². The van der Waals surface area contributed by atoms with Crippen molar-refractivity contribution in [1.29, 1.82) is 0 Å². The summed E-state index contributed by atoms with van der Waals surface area (Å²) in [6, 6.07) is 17.6. The van der Waals surface area contributed by atoms with Gasteiger partial charge in [-0.1, -0.05) is 54.1 Å². The molecule has 0 saturated heterocycles. The molecule has 0 bridgehead atoms.